The molecule has 0 unspecified atom stereocenters. The highest BCUT2D eigenvalue weighted by Gasteiger charge is 2.17. The van der Waals surface area contributed by atoms with Crippen LogP contribution in [0.25, 0.3) is 11.0 Å². The standard InChI is InChI=1S/C18H13BrFNO4/c1-10(18(23)21-15-6-4-12(19)8-14(15)20)24-13-5-2-11-3-7-17(22)25-16(11)9-13/h2-10H,1H3,(H,21,23)/t10-/m1/s1. The number of rotatable bonds is 4. The molecule has 5 nitrogen and oxygen atoms in total. The Balaban J connectivity index is 1.73. The van der Waals surface area contributed by atoms with E-state index in [4.69, 9.17) is 9.15 Å². The topological polar surface area (TPSA) is 68.5 Å². The molecular weight excluding hydrogens is 393 g/mol. The summed E-state index contributed by atoms with van der Waals surface area (Å²) in [5.41, 5.74) is -0.0501. The normalized spacial score (nSPS) is 12.0. The van der Waals surface area contributed by atoms with E-state index in [1.54, 1.807) is 24.3 Å². The molecule has 1 heterocycles. The lowest BCUT2D eigenvalue weighted by Crippen LogP contribution is -2.30. The van der Waals surface area contributed by atoms with E-state index in [9.17, 15) is 14.0 Å². The van der Waals surface area contributed by atoms with Gasteiger partial charge in [-0.25, -0.2) is 9.18 Å². The highest BCUT2D eigenvalue weighted by molar-refractivity contribution is 9.10. The Bertz CT molecular complexity index is 1000. The van der Waals surface area contributed by atoms with Gasteiger partial charge in [-0.05, 0) is 43.3 Å². The number of halogens is 2. The van der Waals surface area contributed by atoms with E-state index in [1.165, 1.54) is 31.2 Å². The number of hydrogen-bond acceptors (Lipinski definition) is 4. The van der Waals surface area contributed by atoms with E-state index in [0.717, 1.165) is 5.39 Å². The Morgan fingerprint density at radius 2 is 1.96 bits per heavy atom. The number of amides is 1. The summed E-state index contributed by atoms with van der Waals surface area (Å²) in [7, 11) is 0. The zero-order valence-electron chi connectivity index (χ0n) is 13.1. The largest absolute Gasteiger partial charge is 0.481 e. The lowest BCUT2D eigenvalue weighted by molar-refractivity contribution is -0.122. The fourth-order valence-electron chi connectivity index (χ4n) is 2.20. The summed E-state index contributed by atoms with van der Waals surface area (Å²) < 4.78 is 25.0. The molecule has 7 heteroatoms. The molecule has 0 fully saturated rings. The molecule has 3 aromatic rings. The van der Waals surface area contributed by atoms with Crippen molar-refractivity contribution < 1.29 is 18.3 Å². The molecule has 2 aromatic carbocycles. The van der Waals surface area contributed by atoms with Crippen molar-refractivity contribution in [1.82, 2.24) is 0 Å². The molecule has 0 aliphatic heterocycles. The lowest BCUT2D eigenvalue weighted by atomic mass is 10.2. The number of hydrogen-bond donors (Lipinski definition) is 1. The predicted octanol–water partition coefficient (Wildman–Crippen LogP) is 4.10. The van der Waals surface area contributed by atoms with Crippen molar-refractivity contribution in [3.8, 4) is 5.75 Å². The van der Waals surface area contributed by atoms with Gasteiger partial charge in [-0.3, -0.25) is 4.79 Å². The van der Waals surface area contributed by atoms with Gasteiger partial charge in [0.1, 0.15) is 17.1 Å². The molecular formula is C18H13BrFNO4. The summed E-state index contributed by atoms with van der Waals surface area (Å²) in [5, 5.41) is 3.21. The number of fused-ring (bicyclic) bond motifs is 1. The summed E-state index contributed by atoms with van der Waals surface area (Å²) >= 11 is 3.15. The Kier molecular flexibility index (Phi) is 4.85. The molecule has 0 radical (unpaired) electrons. The van der Waals surface area contributed by atoms with Crippen LogP contribution in [0.4, 0.5) is 10.1 Å². The third-order valence-electron chi connectivity index (χ3n) is 3.47. The van der Waals surface area contributed by atoms with E-state index >= 15 is 0 Å². The molecule has 128 valence electrons. The first-order chi connectivity index (χ1) is 11.9. The van der Waals surface area contributed by atoms with Gasteiger partial charge >= 0.3 is 5.63 Å². The maximum absolute atomic E-state index is 13.8. The summed E-state index contributed by atoms with van der Waals surface area (Å²) in [6, 6.07) is 12.2. The van der Waals surface area contributed by atoms with Crippen LogP contribution in [0, 0.1) is 5.82 Å². The molecule has 25 heavy (non-hydrogen) atoms. The van der Waals surface area contributed by atoms with Crippen molar-refractivity contribution in [3.05, 3.63) is 69.2 Å². The summed E-state index contributed by atoms with van der Waals surface area (Å²) in [4.78, 5) is 23.5. The maximum atomic E-state index is 13.8. The first kappa shape index (κ1) is 17.2. The van der Waals surface area contributed by atoms with Crippen molar-refractivity contribution in [3.63, 3.8) is 0 Å². The first-order valence-electron chi connectivity index (χ1n) is 7.39. The number of carbonyl (C=O) groups is 1. The van der Waals surface area contributed by atoms with Gasteiger partial charge in [0.2, 0.25) is 0 Å². The minimum absolute atomic E-state index is 0.0631. The quantitative estimate of drug-likeness (QED) is 0.663. The maximum Gasteiger partial charge on any atom is 0.336 e. The van der Waals surface area contributed by atoms with E-state index in [-0.39, 0.29) is 5.69 Å². The molecule has 1 N–H and O–H groups in total. The number of benzene rings is 2. The number of anilines is 1. The van der Waals surface area contributed by atoms with Crippen LogP contribution in [-0.4, -0.2) is 12.0 Å². The van der Waals surface area contributed by atoms with Gasteiger partial charge in [0, 0.05) is 22.0 Å². The van der Waals surface area contributed by atoms with E-state index < -0.39 is 23.5 Å². The van der Waals surface area contributed by atoms with E-state index in [2.05, 4.69) is 21.2 Å². The van der Waals surface area contributed by atoms with Crippen molar-refractivity contribution in [2.45, 2.75) is 13.0 Å². The van der Waals surface area contributed by atoms with Gasteiger partial charge in [-0.15, -0.1) is 0 Å². The number of nitrogens with one attached hydrogen (secondary N) is 1. The summed E-state index contributed by atoms with van der Waals surface area (Å²) in [5.74, 6) is -0.695. The first-order valence-corrected chi connectivity index (χ1v) is 8.18. The van der Waals surface area contributed by atoms with Crippen molar-refractivity contribution in [2.75, 3.05) is 5.32 Å². The summed E-state index contributed by atoms with van der Waals surface area (Å²) in [6.07, 6.45) is -0.879. The smallest absolute Gasteiger partial charge is 0.336 e. The number of ether oxygens (including phenoxy) is 1. The third-order valence-corrected chi connectivity index (χ3v) is 3.96. The van der Waals surface area contributed by atoms with Crippen molar-refractivity contribution in [1.29, 1.82) is 0 Å². The Hall–Kier alpha value is -2.67. The molecule has 1 atom stereocenters. The monoisotopic (exact) mass is 405 g/mol. The molecule has 0 spiro atoms. The highest BCUT2D eigenvalue weighted by atomic mass is 79.9. The molecule has 0 saturated heterocycles. The van der Waals surface area contributed by atoms with E-state index in [0.29, 0.717) is 15.8 Å². The van der Waals surface area contributed by atoms with Gasteiger partial charge < -0.3 is 14.5 Å². The van der Waals surface area contributed by atoms with Crippen LogP contribution in [-0.2, 0) is 4.79 Å². The highest BCUT2D eigenvalue weighted by Crippen LogP contribution is 2.22. The van der Waals surface area contributed by atoms with Gasteiger partial charge in [-0.2, -0.15) is 0 Å². The Morgan fingerprint density at radius 1 is 1.20 bits per heavy atom. The molecule has 3 rings (SSSR count). The Labute approximate surface area is 150 Å². The van der Waals surface area contributed by atoms with Crippen LogP contribution in [0.3, 0.4) is 0 Å². The van der Waals surface area contributed by atoms with Crippen LogP contribution >= 0.6 is 15.9 Å². The lowest BCUT2D eigenvalue weighted by Gasteiger charge is -2.15. The average molecular weight is 406 g/mol. The van der Waals surface area contributed by atoms with Crippen LogP contribution in [0.15, 0.2) is 62.2 Å². The van der Waals surface area contributed by atoms with Crippen LogP contribution in [0.2, 0.25) is 0 Å². The molecule has 0 bridgehead atoms. The van der Waals surface area contributed by atoms with E-state index in [1.807, 2.05) is 0 Å². The van der Waals surface area contributed by atoms with Gasteiger partial charge in [-0.1, -0.05) is 15.9 Å². The Morgan fingerprint density at radius 3 is 2.72 bits per heavy atom. The second-order valence-corrected chi connectivity index (χ2v) is 6.24. The molecule has 0 aliphatic rings. The summed E-state index contributed by atoms with van der Waals surface area (Å²) in [6.45, 7) is 1.54. The van der Waals surface area contributed by atoms with Crippen molar-refractivity contribution >= 4 is 38.5 Å². The molecule has 0 saturated carbocycles. The molecule has 0 aliphatic carbocycles. The predicted molar refractivity (Wildman–Crippen MR) is 95.3 cm³/mol. The third kappa shape index (κ3) is 4.06. The zero-order valence-corrected chi connectivity index (χ0v) is 14.7. The zero-order chi connectivity index (χ0) is 18.0. The SMILES string of the molecule is C[C@@H](Oc1ccc2ccc(=O)oc2c1)C(=O)Nc1ccc(Br)cc1F. The number of carbonyl (C=O) groups excluding carboxylic acids is 1. The minimum Gasteiger partial charge on any atom is -0.481 e. The van der Waals surface area contributed by atoms with Crippen LogP contribution < -0.4 is 15.7 Å². The fourth-order valence-corrected chi connectivity index (χ4v) is 2.53. The molecule has 1 aromatic heterocycles. The fraction of sp³-hybridized carbons (Fsp3) is 0.111. The second kappa shape index (κ2) is 7.06. The van der Waals surface area contributed by atoms with Crippen LogP contribution in [0.1, 0.15) is 6.92 Å². The van der Waals surface area contributed by atoms with Gasteiger partial charge in [0.25, 0.3) is 5.91 Å². The minimum atomic E-state index is -0.879. The van der Waals surface area contributed by atoms with Gasteiger partial charge in [0.05, 0.1) is 5.69 Å². The second-order valence-electron chi connectivity index (χ2n) is 5.33. The van der Waals surface area contributed by atoms with Gasteiger partial charge in [0.15, 0.2) is 6.10 Å². The average Bonchev–Trinajstić information content (AvgIpc) is 2.57. The van der Waals surface area contributed by atoms with Crippen molar-refractivity contribution in [2.24, 2.45) is 0 Å². The van der Waals surface area contributed by atoms with Crippen LogP contribution in [0.5, 0.6) is 5.75 Å². The molecule has 1 amide bonds.